The molecule has 0 aliphatic heterocycles. The molecular formula is C26H50N2O4. The van der Waals surface area contributed by atoms with E-state index in [-0.39, 0.29) is 11.9 Å². The molecular weight excluding hydrogens is 404 g/mol. The first-order valence-electron chi connectivity index (χ1n) is 12.7. The monoisotopic (exact) mass is 454 g/mol. The SMILES string of the molecule is CN(C)CCOC(=O)CCCCCCCC=CCCCCCCCC(=O)OCCN(C)C. The highest BCUT2D eigenvalue weighted by Gasteiger charge is 2.03. The quantitative estimate of drug-likeness (QED) is 0.127. The minimum Gasteiger partial charge on any atom is -0.464 e. The zero-order chi connectivity index (χ0) is 23.9. The number of allylic oxidation sites excluding steroid dienone is 2. The fourth-order valence-electron chi connectivity index (χ4n) is 3.19. The van der Waals surface area contributed by atoms with Crippen LogP contribution in [0.3, 0.4) is 0 Å². The van der Waals surface area contributed by atoms with Crippen LogP contribution in [-0.2, 0) is 19.1 Å². The third-order valence-electron chi connectivity index (χ3n) is 5.27. The summed E-state index contributed by atoms with van der Waals surface area (Å²) in [5.41, 5.74) is 0. The molecule has 0 spiro atoms. The number of carbonyl (C=O) groups is 2. The number of esters is 2. The molecule has 32 heavy (non-hydrogen) atoms. The van der Waals surface area contributed by atoms with Crippen molar-refractivity contribution in [1.82, 2.24) is 9.80 Å². The van der Waals surface area contributed by atoms with Crippen LogP contribution in [0, 0.1) is 0 Å². The molecule has 0 saturated carbocycles. The van der Waals surface area contributed by atoms with Crippen LogP contribution in [0.5, 0.6) is 0 Å². The molecule has 0 fully saturated rings. The lowest BCUT2D eigenvalue weighted by Crippen LogP contribution is -2.20. The lowest BCUT2D eigenvalue weighted by Gasteiger charge is -2.09. The van der Waals surface area contributed by atoms with E-state index in [4.69, 9.17) is 9.47 Å². The third kappa shape index (κ3) is 24.9. The Labute approximate surface area is 197 Å². The summed E-state index contributed by atoms with van der Waals surface area (Å²) in [4.78, 5) is 27.2. The Bertz CT molecular complexity index is 436. The van der Waals surface area contributed by atoms with E-state index in [1.165, 1.54) is 38.5 Å². The van der Waals surface area contributed by atoms with Crippen molar-refractivity contribution in [1.29, 1.82) is 0 Å². The first-order chi connectivity index (χ1) is 15.4. The summed E-state index contributed by atoms with van der Waals surface area (Å²) >= 11 is 0. The van der Waals surface area contributed by atoms with Gasteiger partial charge < -0.3 is 19.3 Å². The molecule has 0 radical (unpaired) electrons. The van der Waals surface area contributed by atoms with Crippen molar-refractivity contribution >= 4 is 11.9 Å². The van der Waals surface area contributed by atoms with Gasteiger partial charge in [0.05, 0.1) is 0 Å². The summed E-state index contributed by atoms with van der Waals surface area (Å²) in [5, 5.41) is 0. The van der Waals surface area contributed by atoms with Crippen LogP contribution in [0.15, 0.2) is 12.2 Å². The van der Waals surface area contributed by atoms with Gasteiger partial charge in [-0.2, -0.15) is 0 Å². The molecule has 0 atom stereocenters. The second-order valence-corrected chi connectivity index (χ2v) is 9.13. The molecule has 6 heteroatoms. The predicted molar refractivity (Wildman–Crippen MR) is 133 cm³/mol. The van der Waals surface area contributed by atoms with E-state index >= 15 is 0 Å². The molecule has 0 aromatic carbocycles. The fourth-order valence-corrected chi connectivity index (χ4v) is 3.19. The van der Waals surface area contributed by atoms with Crippen molar-refractivity contribution in [3.63, 3.8) is 0 Å². The second-order valence-electron chi connectivity index (χ2n) is 9.13. The molecule has 0 saturated heterocycles. The van der Waals surface area contributed by atoms with Crippen LogP contribution in [0.25, 0.3) is 0 Å². The first-order valence-corrected chi connectivity index (χ1v) is 12.7. The van der Waals surface area contributed by atoms with Crippen LogP contribution >= 0.6 is 0 Å². The number of ether oxygens (including phenoxy) is 2. The Hall–Kier alpha value is -1.40. The van der Waals surface area contributed by atoms with Gasteiger partial charge >= 0.3 is 11.9 Å². The fraction of sp³-hybridized carbons (Fsp3) is 0.846. The van der Waals surface area contributed by atoms with E-state index in [1.54, 1.807) is 0 Å². The summed E-state index contributed by atoms with van der Waals surface area (Å²) in [5.74, 6) is -0.124. The van der Waals surface area contributed by atoms with E-state index in [2.05, 4.69) is 12.2 Å². The van der Waals surface area contributed by atoms with E-state index < -0.39 is 0 Å². The Morgan fingerprint density at radius 3 is 1.28 bits per heavy atom. The number of nitrogens with zero attached hydrogens (tertiary/aromatic N) is 2. The van der Waals surface area contributed by atoms with Gasteiger partial charge in [-0.3, -0.25) is 9.59 Å². The van der Waals surface area contributed by atoms with Gasteiger partial charge in [0.25, 0.3) is 0 Å². The van der Waals surface area contributed by atoms with Gasteiger partial charge in [-0.25, -0.2) is 0 Å². The normalized spacial score (nSPS) is 11.6. The zero-order valence-corrected chi connectivity index (χ0v) is 21.4. The Morgan fingerprint density at radius 2 is 0.906 bits per heavy atom. The number of rotatable bonds is 22. The van der Waals surface area contributed by atoms with Gasteiger partial charge in [0.1, 0.15) is 13.2 Å². The van der Waals surface area contributed by atoms with Crippen LogP contribution in [0.4, 0.5) is 0 Å². The number of likely N-dealkylation sites (N-methyl/N-ethyl adjacent to an activating group) is 2. The minimum absolute atomic E-state index is 0.0621. The highest BCUT2D eigenvalue weighted by molar-refractivity contribution is 5.69. The molecule has 0 aliphatic carbocycles. The minimum atomic E-state index is -0.0621. The first kappa shape index (κ1) is 30.6. The standard InChI is InChI=1S/C26H50N2O4/c1-27(2)21-23-31-25(29)19-17-15-13-11-9-7-5-6-8-10-12-14-16-18-20-26(30)32-24-22-28(3)4/h5-6H,7-24H2,1-4H3. The van der Waals surface area contributed by atoms with Crippen molar-refractivity contribution in [2.75, 3.05) is 54.5 Å². The molecule has 0 amide bonds. The molecule has 0 rings (SSSR count). The molecule has 0 bridgehead atoms. The topological polar surface area (TPSA) is 59.1 Å². The molecule has 188 valence electrons. The maximum Gasteiger partial charge on any atom is 0.305 e. The molecule has 0 N–H and O–H groups in total. The van der Waals surface area contributed by atoms with Crippen LogP contribution in [0.2, 0.25) is 0 Å². The van der Waals surface area contributed by atoms with Crippen molar-refractivity contribution in [2.24, 2.45) is 0 Å². The largest absolute Gasteiger partial charge is 0.464 e. The summed E-state index contributed by atoms with van der Waals surface area (Å²) in [7, 11) is 7.90. The van der Waals surface area contributed by atoms with E-state index in [0.717, 1.165) is 51.6 Å². The van der Waals surface area contributed by atoms with Crippen molar-refractivity contribution < 1.29 is 19.1 Å². The predicted octanol–water partition coefficient (Wildman–Crippen LogP) is 5.21. The van der Waals surface area contributed by atoms with Crippen molar-refractivity contribution in [3.8, 4) is 0 Å². The smallest absolute Gasteiger partial charge is 0.305 e. The lowest BCUT2D eigenvalue weighted by atomic mass is 10.1. The average Bonchev–Trinajstić information content (AvgIpc) is 2.72. The lowest BCUT2D eigenvalue weighted by molar-refractivity contribution is -0.145. The van der Waals surface area contributed by atoms with Gasteiger partial charge in [0, 0.05) is 25.9 Å². The van der Waals surface area contributed by atoms with Gasteiger partial charge in [0.15, 0.2) is 0 Å². The molecule has 0 aromatic rings. The highest BCUT2D eigenvalue weighted by Crippen LogP contribution is 2.10. The Kier molecular flexibility index (Phi) is 21.8. The Balaban J connectivity index is 3.28. The van der Waals surface area contributed by atoms with Gasteiger partial charge in [-0.05, 0) is 66.7 Å². The van der Waals surface area contributed by atoms with Crippen LogP contribution < -0.4 is 0 Å². The third-order valence-corrected chi connectivity index (χ3v) is 5.27. The summed E-state index contributed by atoms with van der Waals surface area (Å²) in [6.07, 6.45) is 19.5. The van der Waals surface area contributed by atoms with E-state index in [9.17, 15) is 9.59 Å². The average molecular weight is 455 g/mol. The van der Waals surface area contributed by atoms with E-state index in [1.807, 2.05) is 38.0 Å². The number of hydrogen-bond donors (Lipinski definition) is 0. The van der Waals surface area contributed by atoms with Crippen LogP contribution in [0.1, 0.15) is 89.9 Å². The highest BCUT2D eigenvalue weighted by atomic mass is 16.5. The summed E-state index contributed by atoms with van der Waals surface area (Å²) in [6.45, 7) is 2.56. The summed E-state index contributed by atoms with van der Waals surface area (Å²) in [6, 6.07) is 0. The zero-order valence-electron chi connectivity index (χ0n) is 21.4. The number of hydrogen-bond acceptors (Lipinski definition) is 6. The van der Waals surface area contributed by atoms with Gasteiger partial charge in [-0.15, -0.1) is 0 Å². The van der Waals surface area contributed by atoms with Gasteiger partial charge in [-0.1, -0.05) is 50.7 Å². The summed E-state index contributed by atoms with van der Waals surface area (Å²) < 4.78 is 10.4. The van der Waals surface area contributed by atoms with Crippen molar-refractivity contribution in [2.45, 2.75) is 89.9 Å². The molecule has 0 aliphatic rings. The number of unbranched alkanes of at least 4 members (excludes halogenated alkanes) is 10. The maximum atomic E-state index is 11.6. The van der Waals surface area contributed by atoms with Crippen molar-refractivity contribution in [3.05, 3.63) is 12.2 Å². The second kappa shape index (κ2) is 22.8. The van der Waals surface area contributed by atoms with Crippen LogP contribution in [-0.4, -0.2) is 76.2 Å². The molecule has 0 heterocycles. The van der Waals surface area contributed by atoms with E-state index in [0.29, 0.717) is 26.1 Å². The number of carbonyl (C=O) groups excluding carboxylic acids is 2. The molecule has 6 nitrogen and oxygen atoms in total. The maximum absolute atomic E-state index is 11.6. The molecule has 0 aromatic heterocycles. The van der Waals surface area contributed by atoms with Gasteiger partial charge in [0.2, 0.25) is 0 Å². The molecule has 0 unspecified atom stereocenters. The Morgan fingerprint density at radius 1 is 0.562 bits per heavy atom.